The number of allylic oxidation sites excluding steroid dienone is 1. The molecule has 0 spiro atoms. The zero-order valence-electron chi connectivity index (χ0n) is 13.3. The first-order valence-electron chi connectivity index (χ1n) is 7.61. The smallest absolute Gasteiger partial charge is 0.142 e. The second kappa shape index (κ2) is 6.35. The van der Waals surface area contributed by atoms with Crippen LogP contribution >= 0.6 is 0 Å². The summed E-state index contributed by atoms with van der Waals surface area (Å²) in [6.45, 7) is 4.04. The molecule has 3 rings (SSSR count). The zero-order valence-corrected chi connectivity index (χ0v) is 13.3. The lowest BCUT2D eigenvalue weighted by molar-refractivity contribution is -0.104. The van der Waals surface area contributed by atoms with Crippen molar-refractivity contribution in [2.24, 2.45) is 0 Å². The lowest BCUT2D eigenvalue weighted by atomic mass is 9.93. The molecule has 0 N–H and O–H groups in total. The average molecular weight is 326 g/mol. The molecule has 3 nitrogen and oxygen atoms in total. The van der Waals surface area contributed by atoms with Crippen molar-refractivity contribution in [3.05, 3.63) is 65.4 Å². The van der Waals surface area contributed by atoms with Crippen molar-refractivity contribution in [2.45, 2.75) is 19.8 Å². The van der Waals surface area contributed by atoms with Crippen LogP contribution < -0.4 is 0 Å². The van der Waals surface area contributed by atoms with Gasteiger partial charge in [-0.05, 0) is 47.9 Å². The molecular weight excluding hydrogens is 310 g/mol. The van der Waals surface area contributed by atoms with Gasteiger partial charge in [0, 0.05) is 23.4 Å². The highest BCUT2D eigenvalue weighted by Gasteiger charge is 2.19. The van der Waals surface area contributed by atoms with Gasteiger partial charge in [0.25, 0.3) is 0 Å². The third-order valence-electron chi connectivity index (χ3n) is 3.86. The van der Waals surface area contributed by atoms with Gasteiger partial charge in [-0.15, -0.1) is 0 Å². The van der Waals surface area contributed by atoms with Crippen LogP contribution in [0.4, 0.5) is 8.78 Å². The maximum absolute atomic E-state index is 14.3. The Bertz CT molecular complexity index is 942. The van der Waals surface area contributed by atoms with Crippen LogP contribution in [0.1, 0.15) is 30.9 Å². The largest absolute Gasteiger partial charge is 0.299 e. The summed E-state index contributed by atoms with van der Waals surface area (Å²) in [6, 6.07) is 7.17. The predicted molar refractivity (Wildman–Crippen MR) is 89.7 cm³/mol. The molecule has 0 saturated heterocycles. The number of fused-ring (bicyclic) bond motifs is 1. The molecule has 0 bridgehead atoms. The lowest BCUT2D eigenvalue weighted by Gasteiger charge is -2.17. The quantitative estimate of drug-likeness (QED) is 0.518. The summed E-state index contributed by atoms with van der Waals surface area (Å²) in [4.78, 5) is 10.8. The first-order chi connectivity index (χ1) is 11.5. The van der Waals surface area contributed by atoms with Crippen molar-refractivity contribution in [3.63, 3.8) is 0 Å². The molecule has 2 aromatic heterocycles. The highest BCUT2D eigenvalue weighted by molar-refractivity contribution is 5.84. The number of aromatic nitrogens is 2. The Morgan fingerprint density at radius 1 is 1.21 bits per heavy atom. The van der Waals surface area contributed by atoms with Crippen LogP contribution in [0.2, 0.25) is 0 Å². The van der Waals surface area contributed by atoms with Crippen LogP contribution in [0.15, 0.2) is 42.6 Å². The van der Waals surface area contributed by atoms with Gasteiger partial charge < -0.3 is 0 Å². The Labute approximate surface area is 138 Å². The predicted octanol–water partition coefficient (Wildman–Crippen LogP) is 4.62. The summed E-state index contributed by atoms with van der Waals surface area (Å²) in [7, 11) is 0. The maximum atomic E-state index is 14.3. The van der Waals surface area contributed by atoms with Crippen molar-refractivity contribution in [2.75, 3.05) is 0 Å². The van der Waals surface area contributed by atoms with E-state index in [9.17, 15) is 13.6 Å². The van der Waals surface area contributed by atoms with E-state index in [0.29, 0.717) is 17.5 Å². The normalized spacial score (nSPS) is 11.7. The van der Waals surface area contributed by atoms with Crippen LogP contribution in [-0.2, 0) is 4.79 Å². The van der Waals surface area contributed by atoms with Gasteiger partial charge in [0.05, 0.1) is 5.52 Å². The van der Waals surface area contributed by atoms with E-state index in [4.69, 9.17) is 0 Å². The summed E-state index contributed by atoms with van der Waals surface area (Å²) in [5.74, 6) is -1.21. The summed E-state index contributed by atoms with van der Waals surface area (Å²) in [6.07, 6.45) is 5.42. The summed E-state index contributed by atoms with van der Waals surface area (Å²) in [5, 5.41) is 4.48. The Balaban J connectivity index is 2.41. The van der Waals surface area contributed by atoms with Gasteiger partial charge in [0.15, 0.2) is 0 Å². The average Bonchev–Trinajstić information content (AvgIpc) is 2.99. The van der Waals surface area contributed by atoms with Crippen LogP contribution in [0, 0.1) is 11.6 Å². The van der Waals surface area contributed by atoms with Gasteiger partial charge >= 0.3 is 0 Å². The Kier molecular flexibility index (Phi) is 4.25. The SMILES string of the molecule is CC(C)c1c(/C=C/C=O)c(-c2ccc(F)cc2F)nn2cccc12. The summed E-state index contributed by atoms with van der Waals surface area (Å²) >= 11 is 0. The van der Waals surface area contributed by atoms with Crippen molar-refractivity contribution >= 4 is 17.9 Å². The minimum atomic E-state index is -0.690. The molecule has 0 saturated carbocycles. The Hall–Kier alpha value is -2.82. The molecule has 0 unspecified atom stereocenters. The molecule has 0 aliphatic rings. The van der Waals surface area contributed by atoms with E-state index in [-0.39, 0.29) is 11.5 Å². The second-order valence-electron chi connectivity index (χ2n) is 5.79. The number of rotatable bonds is 4. The number of hydrogen-bond donors (Lipinski definition) is 0. The van der Waals surface area contributed by atoms with Crippen LogP contribution in [-0.4, -0.2) is 15.9 Å². The van der Waals surface area contributed by atoms with E-state index >= 15 is 0 Å². The van der Waals surface area contributed by atoms with Crippen LogP contribution in [0.3, 0.4) is 0 Å². The molecule has 3 aromatic rings. The first-order valence-corrected chi connectivity index (χ1v) is 7.61. The standard InChI is InChI=1S/C19H16F2N2O/c1-12(2)18-15(5-4-10-24)19(22-23-9-3-6-17(18)23)14-8-7-13(20)11-16(14)21/h3-12H,1-2H3/b5-4+. The number of carbonyl (C=O) groups is 1. The molecule has 2 heterocycles. The molecule has 0 atom stereocenters. The topological polar surface area (TPSA) is 34.4 Å². The summed E-state index contributed by atoms with van der Waals surface area (Å²) in [5.41, 5.74) is 3.07. The fourth-order valence-corrected chi connectivity index (χ4v) is 2.89. The van der Waals surface area contributed by atoms with E-state index < -0.39 is 11.6 Å². The minimum absolute atomic E-state index is 0.124. The fourth-order valence-electron chi connectivity index (χ4n) is 2.89. The monoisotopic (exact) mass is 326 g/mol. The number of carbonyl (C=O) groups excluding carboxylic acids is 1. The van der Waals surface area contributed by atoms with Crippen LogP contribution in [0.5, 0.6) is 0 Å². The number of nitrogens with zero attached hydrogens (tertiary/aromatic N) is 2. The maximum Gasteiger partial charge on any atom is 0.142 e. The van der Waals surface area contributed by atoms with Crippen molar-refractivity contribution < 1.29 is 13.6 Å². The number of aldehydes is 1. The van der Waals surface area contributed by atoms with Crippen molar-refractivity contribution in [1.29, 1.82) is 0 Å². The van der Waals surface area contributed by atoms with E-state index in [0.717, 1.165) is 17.1 Å². The number of benzene rings is 1. The Morgan fingerprint density at radius 3 is 2.67 bits per heavy atom. The van der Waals surface area contributed by atoms with E-state index in [1.165, 1.54) is 18.2 Å². The molecule has 1 aromatic carbocycles. The van der Waals surface area contributed by atoms with Gasteiger partial charge in [-0.1, -0.05) is 13.8 Å². The van der Waals surface area contributed by atoms with Crippen LogP contribution in [0.25, 0.3) is 22.9 Å². The van der Waals surface area contributed by atoms with Gasteiger partial charge in [-0.3, -0.25) is 4.79 Å². The summed E-state index contributed by atoms with van der Waals surface area (Å²) < 4.78 is 29.2. The van der Waals surface area contributed by atoms with Gasteiger partial charge in [0.2, 0.25) is 0 Å². The van der Waals surface area contributed by atoms with E-state index in [1.807, 2.05) is 26.0 Å². The molecular formula is C19H16F2N2O. The van der Waals surface area contributed by atoms with Crippen molar-refractivity contribution in [3.8, 4) is 11.3 Å². The lowest BCUT2D eigenvalue weighted by Crippen LogP contribution is -2.05. The zero-order chi connectivity index (χ0) is 17.3. The molecule has 5 heteroatoms. The number of halogens is 2. The second-order valence-corrected chi connectivity index (χ2v) is 5.79. The van der Waals surface area contributed by atoms with Gasteiger partial charge in [-0.2, -0.15) is 5.10 Å². The minimum Gasteiger partial charge on any atom is -0.299 e. The first kappa shape index (κ1) is 16.1. The molecule has 0 fully saturated rings. The highest BCUT2D eigenvalue weighted by atomic mass is 19.1. The Morgan fingerprint density at radius 2 is 2.00 bits per heavy atom. The molecule has 0 radical (unpaired) electrons. The van der Waals surface area contributed by atoms with Gasteiger partial charge in [-0.25, -0.2) is 13.3 Å². The van der Waals surface area contributed by atoms with E-state index in [2.05, 4.69) is 5.10 Å². The molecule has 0 aliphatic carbocycles. The van der Waals surface area contributed by atoms with E-state index in [1.54, 1.807) is 16.8 Å². The van der Waals surface area contributed by atoms with Crippen molar-refractivity contribution in [1.82, 2.24) is 9.61 Å². The molecule has 24 heavy (non-hydrogen) atoms. The number of hydrogen-bond acceptors (Lipinski definition) is 2. The third-order valence-corrected chi connectivity index (χ3v) is 3.86. The molecule has 122 valence electrons. The highest BCUT2D eigenvalue weighted by Crippen LogP contribution is 2.34. The molecule has 0 aliphatic heterocycles. The third kappa shape index (κ3) is 2.73. The molecule has 0 amide bonds. The van der Waals surface area contributed by atoms with Gasteiger partial charge in [0.1, 0.15) is 23.6 Å². The fraction of sp³-hybridized carbons (Fsp3) is 0.158.